The monoisotopic (exact) mass is 495 g/mol. The van der Waals surface area contributed by atoms with Gasteiger partial charge in [0.05, 0.1) is 24.8 Å². The number of sulfonamides is 1. The molecule has 0 saturated heterocycles. The molecule has 0 spiro atoms. The maximum Gasteiger partial charge on any atom is 0.260 e. The largest absolute Gasteiger partial charge is 0.494 e. The number of nitrogens with zero attached hydrogens (tertiary/aromatic N) is 2. The molecule has 0 aromatic heterocycles. The Kier molecular flexibility index (Phi) is 8.86. The van der Waals surface area contributed by atoms with E-state index in [9.17, 15) is 13.2 Å². The number of carbonyl (C=O) groups excluding carboxylic acids is 1. The molecule has 3 aromatic carbocycles. The molecule has 0 radical (unpaired) electrons. The average molecular weight is 496 g/mol. The first kappa shape index (κ1) is 25.8. The Hall–Kier alpha value is -3.85. The van der Waals surface area contributed by atoms with Crippen LogP contribution in [0.2, 0.25) is 0 Å². The predicted octanol–water partition coefficient (Wildman–Crippen LogP) is 3.89. The number of carbonyl (C=O) groups is 1. The van der Waals surface area contributed by atoms with Crippen molar-refractivity contribution >= 4 is 27.8 Å². The van der Waals surface area contributed by atoms with Crippen molar-refractivity contribution in [2.45, 2.75) is 20.5 Å². The molecule has 3 rings (SSSR count). The van der Waals surface area contributed by atoms with Gasteiger partial charge in [-0.25, -0.2) is 13.8 Å². The third kappa shape index (κ3) is 8.15. The minimum Gasteiger partial charge on any atom is -0.494 e. The highest BCUT2D eigenvalue weighted by Crippen LogP contribution is 2.21. The van der Waals surface area contributed by atoms with Crippen molar-refractivity contribution in [3.05, 3.63) is 89.5 Å². The number of amides is 1. The second-order valence-electron chi connectivity index (χ2n) is 7.83. The van der Waals surface area contributed by atoms with Crippen LogP contribution in [0.1, 0.15) is 23.6 Å². The highest BCUT2D eigenvalue weighted by Gasteiger charge is 2.20. The summed E-state index contributed by atoms with van der Waals surface area (Å²) in [4.78, 5) is 12.4. The summed E-state index contributed by atoms with van der Waals surface area (Å²) in [7, 11) is -3.68. The fourth-order valence-corrected chi connectivity index (χ4v) is 3.98. The van der Waals surface area contributed by atoms with E-state index in [1.807, 2.05) is 62.4 Å². The lowest BCUT2D eigenvalue weighted by molar-refractivity contribution is -0.119. The molecule has 0 bridgehead atoms. The Morgan fingerprint density at radius 1 is 0.943 bits per heavy atom. The van der Waals surface area contributed by atoms with Crippen molar-refractivity contribution in [3.8, 4) is 11.5 Å². The molecule has 0 heterocycles. The SMILES string of the molecule is CCOc1ccc(N(CC(=O)N/N=C\c2ccc(OCc3ccc(C)cc3)cc2)S(C)(=O)=O)cc1. The maximum absolute atomic E-state index is 12.4. The number of hydrogen-bond donors (Lipinski definition) is 1. The molecule has 0 saturated carbocycles. The topological polar surface area (TPSA) is 97.3 Å². The number of hydrogen-bond acceptors (Lipinski definition) is 6. The predicted molar refractivity (Wildman–Crippen MR) is 137 cm³/mol. The van der Waals surface area contributed by atoms with Crippen LogP contribution in [-0.4, -0.2) is 39.9 Å². The summed E-state index contributed by atoms with van der Waals surface area (Å²) in [6.45, 7) is 4.46. The van der Waals surface area contributed by atoms with Crippen molar-refractivity contribution in [3.63, 3.8) is 0 Å². The fraction of sp³-hybridized carbons (Fsp3) is 0.231. The number of benzene rings is 3. The lowest BCUT2D eigenvalue weighted by Gasteiger charge is -2.21. The highest BCUT2D eigenvalue weighted by molar-refractivity contribution is 7.92. The van der Waals surface area contributed by atoms with E-state index in [-0.39, 0.29) is 0 Å². The molecule has 3 aromatic rings. The molecule has 35 heavy (non-hydrogen) atoms. The molecule has 0 aliphatic rings. The smallest absolute Gasteiger partial charge is 0.260 e. The van der Waals surface area contributed by atoms with Crippen LogP contribution in [0, 0.1) is 6.92 Å². The Labute approximate surface area is 206 Å². The standard InChI is InChI=1S/C26H29N3O5S/c1-4-33-24-15-11-23(12-16-24)29(35(3,31)32)18-26(30)28-27-17-21-9-13-25(14-10-21)34-19-22-7-5-20(2)6-8-22/h5-17H,4,18-19H2,1-3H3,(H,28,30)/b27-17-. The molecule has 0 fully saturated rings. The lowest BCUT2D eigenvalue weighted by atomic mass is 10.2. The van der Waals surface area contributed by atoms with Crippen LogP contribution >= 0.6 is 0 Å². The number of hydrazone groups is 1. The number of aryl methyl sites for hydroxylation is 1. The van der Waals surface area contributed by atoms with Gasteiger partial charge < -0.3 is 9.47 Å². The van der Waals surface area contributed by atoms with Gasteiger partial charge in [-0.3, -0.25) is 9.10 Å². The van der Waals surface area contributed by atoms with Gasteiger partial charge in [-0.15, -0.1) is 0 Å². The van der Waals surface area contributed by atoms with E-state index >= 15 is 0 Å². The number of nitrogens with one attached hydrogen (secondary N) is 1. The van der Waals surface area contributed by atoms with Gasteiger partial charge in [0.25, 0.3) is 5.91 Å². The minimum atomic E-state index is -3.68. The molecule has 184 valence electrons. The minimum absolute atomic E-state index is 0.358. The zero-order valence-electron chi connectivity index (χ0n) is 20.0. The maximum atomic E-state index is 12.4. The molecule has 8 nitrogen and oxygen atoms in total. The summed E-state index contributed by atoms with van der Waals surface area (Å²) in [5, 5.41) is 3.93. The highest BCUT2D eigenvalue weighted by atomic mass is 32.2. The van der Waals surface area contributed by atoms with Crippen LogP contribution in [0.5, 0.6) is 11.5 Å². The van der Waals surface area contributed by atoms with E-state index in [2.05, 4.69) is 10.5 Å². The summed E-state index contributed by atoms with van der Waals surface area (Å²) in [5.74, 6) is 0.759. The number of anilines is 1. The van der Waals surface area contributed by atoms with Gasteiger partial charge >= 0.3 is 0 Å². The zero-order chi connectivity index (χ0) is 25.3. The van der Waals surface area contributed by atoms with E-state index in [1.165, 1.54) is 11.8 Å². The second-order valence-corrected chi connectivity index (χ2v) is 9.74. The summed E-state index contributed by atoms with van der Waals surface area (Å²) < 4.78 is 36.6. The first-order valence-corrected chi connectivity index (χ1v) is 12.9. The van der Waals surface area contributed by atoms with E-state index in [4.69, 9.17) is 9.47 Å². The number of rotatable bonds is 11. The zero-order valence-corrected chi connectivity index (χ0v) is 20.8. The molecular weight excluding hydrogens is 466 g/mol. The molecule has 1 amide bonds. The van der Waals surface area contributed by atoms with E-state index in [0.717, 1.165) is 21.7 Å². The normalized spacial score (nSPS) is 11.3. The first-order chi connectivity index (χ1) is 16.7. The van der Waals surface area contributed by atoms with Crippen molar-refractivity contribution in [2.24, 2.45) is 5.10 Å². The van der Waals surface area contributed by atoms with Gasteiger partial charge in [0.15, 0.2) is 0 Å². The van der Waals surface area contributed by atoms with Crippen LogP contribution in [0.4, 0.5) is 5.69 Å². The first-order valence-electron chi connectivity index (χ1n) is 11.1. The van der Waals surface area contributed by atoms with E-state index in [0.29, 0.717) is 30.4 Å². The van der Waals surface area contributed by atoms with Gasteiger partial charge in [-0.1, -0.05) is 29.8 Å². The molecule has 0 atom stereocenters. The van der Waals surface area contributed by atoms with Crippen LogP contribution in [0.15, 0.2) is 77.9 Å². The summed E-state index contributed by atoms with van der Waals surface area (Å²) in [6.07, 6.45) is 2.52. The molecular formula is C26H29N3O5S. The van der Waals surface area contributed by atoms with Gasteiger partial charge in [0.2, 0.25) is 10.0 Å². The summed E-state index contributed by atoms with van der Waals surface area (Å²) in [6, 6.07) is 21.9. The number of ether oxygens (including phenoxy) is 2. The van der Waals surface area contributed by atoms with Crippen LogP contribution in [0.25, 0.3) is 0 Å². The van der Waals surface area contributed by atoms with Crippen molar-refractivity contribution in [1.82, 2.24) is 5.43 Å². The quantitative estimate of drug-likeness (QED) is 0.322. The second kappa shape index (κ2) is 12.0. The summed E-state index contributed by atoms with van der Waals surface area (Å²) in [5.41, 5.74) is 5.76. The molecule has 1 N–H and O–H groups in total. The van der Waals surface area contributed by atoms with Crippen LogP contribution in [0.3, 0.4) is 0 Å². The van der Waals surface area contributed by atoms with Crippen LogP contribution in [-0.2, 0) is 21.4 Å². The molecule has 0 unspecified atom stereocenters. The van der Waals surface area contributed by atoms with Gasteiger partial charge in [0.1, 0.15) is 24.7 Å². The third-order valence-corrected chi connectivity index (χ3v) is 6.07. The van der Waals surface area contributed by atoms with Crippen molar-refractivity contribution in [2.75, 3.05) is 23.7 Å². The summed E-state index contributed by atoms with van der Waals surface area (Å²) >= 11 is 0. The lowest BCUT2D eigenvalue weighted by Crippen LogP contribution is -2.39. The van der Waals surface area contributed by atoms with Crippen molar-refractivity contribution in [1.29, 1.82) is 0 Å². The third-order valence-electron chi connectivity index (χ3n) is 4.93. The Morgan fingerprint density at radius 3 is 2.14 bits per heavy atom. The van der Waals surface area contributed by atoms with Crippen LogP contribution < -0.4 is 19.2 Å². The van der Waals surface area contributed by atoms with E-state index in [1.54, 1.807) is 24.3 Å². The molecule has 9 heteroatoms. The average Bonchev–Trinajstić information content (AvgIpc) is 2.83. The Balaban J connectivity index is 1.53. The van der Waals surface area contributed by atoms with Gasteiger partial charge in [-0.2, -0.15) is 5.10 Å². The molecule has 0 aliphatic carbocycles. The fourth-order valence-electron chi connectivity index (χ4n) is 3.12. The molecule has 0 aliphatic heterocycles. The Bertz CT molecular complexity index is 1240. The van der Waals surface area contributed by atoms with E-state index < -0.39 is 22.5 Å². The van der Waals surface area contributed by atoms with Crippen molar-refractivity contribution < 1.29 is 22.7 Å². The van der Waals surface area contributed by atoms with Gasteiger partial charge in [-0.05, 0) is 73.5 Å². The van der Waals surface area contributed by atoms with Gasteiger partial charge in [0, 0.05) is 0 Å². The Morgan fingerprint density at radius 2 is 1.54 bits per heavy atom.